The summed E-state index contributed by atoms with van der Waals surface area (Å²) >= 11 is 0. The standard InChI is InChI=1S/C21H23FN2O3/c1-26-19-8-7-17(11-18(19)22)13-23-9-10-24-20(25)27-15-21(24,14-23)12-16-5-3-2-4-6-16/h2-8,11H,9-10,12-15H2,1H3. The summed E-state index contributed by atoms with van der Waals surface area (Å²) in [5.41, 5.74) is 1.70. The number of nitrogens with zero attached hydrogens (tertiary/aromatic N) is 2. The van der Waals surface area contributed by atoms with Gasteiger partial charge in [0, 0.05) is 32.6 Å². The lowest BCUT2D eigenvalue weighted by atomic mass is 9.88. The highest BCUT2D eigenvalue weighted by molar-refractivity contribution is 5.71. The van der Waals surface area contributed by atoms with Crippen molar-refractivity contribution in [1.82, 2.24) is 9.80 Å². The number of hydrogen-bond donors (Lipinski definition) is 0. The zero-order valence-corrected chi connectivity index (χ0v) is 15.4. The van der Waals surface area contributed by atoms with Gasteiger partial charge in [0.05, 0.1) is 12.6 Å². The van der Waals surface area contributed by atoms with E-state index in [9.17, 15) is 9.18 Å². The van der Waals surface area contributed by atoms with Crippen molar-refractivity contribution in [2.45, 2.75) is 18.5 Å². The van der Waals surface area contributed by atoms with Gasteiger partial charge in [-0.05, 0) is 23.3 Å². The highest BCUT2D eigenvalue weighted by Crippen LogP contribution is 2.33. The number of carbonyl (C=O) groups excluding carboxylic acids is 1. The number of ether oxygens (including phenoxy) is 2. The van der Waals surface area contributed by atoms with Crippen LogP contribution >= 0.6 is 0 Å². The first-order valence-corrected chi connectivity index (χ1v) is 9.13. The predicted octanol–water partition coefficient (Wildman–Crippen LogP) is 3.08. The minimum absolute atomic E-state index is 0.235. The molecule has 2 fully saturated rings. The van der Waals surface area contributed by atoms with Gasteiger partial charge in [0.2, 0.25) is 0 Å². The fraction of sp³-hybridized carbons (Fsp3) is 0.381. The lowest BCUT2D eigenvalue weighted by molar-refractivity contribution is 0.0476. The molecule has 0 saturated carbocycles. The van der Waals surface area contributed by atoms with Gasteiger partial charge in [-0.3, -0.25) is 9.80 Å². The van der Waals surface area contributed by atoms with E-state index in [2.05, 4.69) is 17.0 Å². The maximum atomic E-state index is 14.0. The molecular formula is C21H23FN2O3. The molecule has 2 aliphatic heterocycles. The van der Waals surface area contributed by atoms with Gasteiger partial charge in [-0.2, -0.15) is 0 Å². The summed E-state index contributed by atoms with van der Waals surface area (Å²) in [5, 5.41) is 0. The molecule has 0 aliphatic carbocycles. The number of cyclic esters (lactones) is 1. The van der Waals surface area contributed by atoms with Crippen LogP contribution in [-0.2, 0) is 17.7 Å². The van der Waals surface area contributed by atoms with Gasteiger partial charge in [0.15, 0.2) is 11.6 Å². The Morgan fingerprint density at radius 2 is 1.96 bits per heavy atom. The Hall–Kier alpha value is -2.60. The smallest absolute Gasteiger partial charge is 0.410 e. The Balaban J connectivity index is 1.53. The third-order valence-corrected chi connectivity index (χ3v) is 5.41. The molecule has 2 saturated heterocycles. The van der Waals surface area contributed by atoms with E-state index < -0.39 is 0 Å². The summed E-state index contributed by atoms with van der Waals surface area (Å²) in [5.74, 6) is -0.106. The average Bonchev–Trinajstić information content (AvgIpc) is 2.98. The summed E-state index contributed by atoms with van der Waals surface area (Å²) < 4.78 is 24.4. The van der Waals surface area contributed by atoms with Crippen LogP contribution in [0.25, 0.3) is 0 Å². The molecule has 2 heterocycles. The molecule has 4 rings (SSSR count). The Bertz CT molecular complexity index is 829. The maximum absolute atomic E-state index is 14.0. The summed E-state index contributed by atoms with van der Waals surface area (Å²) in [6, 6.07) is 15.2. The lowest BCUT2D eigenvalue weighted by Gasteiger charge is -2.45. The number of halogens is 1. The average molecular weight is 370 g/mol. The van der Waals surface area contributed by atoms with Gasteiger partial charge in [-0.25, -0.2) is 9.18 Å². The van der Waals surface area contributed by atoms with Crippen LogP contribution in [0.3, 0.4) is 0 Å². The Morgan fingerprint density at radius 3 is 2.70 bits per heavy atom. The first kappa shape index (κ1) is 17.8. The zero-order valence-electron chi connectivity index (χ0n) is 15.4. The Labute approximate surface area is 158 Å². The fourth-order valence-corrected chi connectivity index (χ4v) is 4.12. The van der Waals surface area contributed by atoms with E-state index >= 15 is 0 Å². The van der Waals surface area contributed by atoms with E-state index in [0.29, 0.717) is 26.2 Å². The van der Waals surface area contributed by atoms with Gasteiger partial charge in [0.1, 0.15) is 6.61 Å². The molecule has 0 radical (unpaired) electrons. The molecule has 0 spiro atoms. The molecule has 142 valence electrons. The van der Waals surface area contributed by atoms with Crippen LogP contribution in [-0.4, -0.2) is 54.8 Å². The number of piperazine rings is 1. The van der Waals surface area contributed by atoms with Crippen LogP contribution in [0.5, 0.6) is 5.75 Å². The minimum atomic E-state index is -0.373. The molecule has 2 aliphatic rings. The molecule has 1 atom stereocenters. The van der Waals surface area contributed by atoms with E-state index in [0.717, 1.165) is 18.5 Å². The summed E-state index contributed by atoms with van der Waals surface area (Å²) in [7, 11) is 1.46. The van der Waals surface area contributed by atoms with Crippen molar-refractivity contribution in [3.63, 3.8) is 0 Å². The maximum Gasteiger partial charge on any atom is 0.410 e. The van der Waals surface area contributed by atoms with Crippen LogP contribution in [0.15, 0.2) is 48.5 Å². The van der Waals surface area contributed by atoms with Crippen molar-refractivity contribution in [3.05, 3.63) is 65.5 Å². The van der Waals surface area contributed by atoms with Gasteiger partial charge in [-0.1, -0.05) is 36.4 Å². The monoisotopic (exact) mass is 370 g/mol. The van der Waals surface area contributed by atoms with Gasteiger partial charge in [0.25, 0.3) is 0 Å². The van der Waals surface area contributed by atoms with Crippen LogP contribution in [0, 0.1) is 5.82 Å². The number of methoxy groups -OCH3 is 1. The first-order valence-electron chi connectivity index (χ1n) is 9.13. The second-order valence-corrected chi connectivity index (χ2v) is 7.27. The van der Waals surface area contributed by atoms with Crippen LogP contribution in [0.1, 0.15) is 11.1 Å². The SMILES string of the molecule is COc1ccc(CN2CCN3C(=O)OCC3(Cc3ccccc3)C2)cc1F. The number of benzene rings is 2. The molecule has 1 amide bonds. The summed E-state index contributed by atoms with van der Waals surface area (Å²) in [6.07, 6.45) is 0.508. The summed E-state index contributed by atoms with van der Waals surface area (Å²) in [4.78, 5) is 16.3. The zero-order chi connectivity index (χ0) is 18.9. The van der Waals surface area contributed by atoms with E-state index in [4.69, 9.17) is 9.47 Å². The first-order chi connectivity index (χ1) is 13.1. The third-order valence-electron chi connectivity index (χ3n) is 5.41. The van der Waals surface area contributed by atoms with Crippen molar-refractivity contribution in [3.8, 4) is 5.75 Å². The second-order valence-electron chi connectivity index (χ2n) is 7.27. The van der Waals surface area contributed by atoms with Crippen LogP contribution < -0.4 is 4.74 Å². The molecule has 2 aromatic carbocycles. The minimum Gasteiger partial charge on any atom is -0.494 e. The third kappa shape index (κ3) is 3.49. The van der Waals surface area contributed by atoms with E-state index in [1.54, 1.807) is 6.07 Å². The highest BCUT2D eigenvalue weighted by Gasteiger charge is 2.50. The van der Waals surface area contributed by atoms with Crippen molar-refractivity contribution in [2.75, 3.05) is 33.4 Å². The van der Waals surface area contributed by atoms with E-state index in [1.165, 1.54) is 18.7 Å². The molecule has 5 nitrogen and oxygen atoms in total. The summed E-state index contributed by atoms with van der Waals surface area (Å²) in [6.45, 7) is 3.05. The number of rotatable bonds is 5. The Morgan fingerprint density at radius 1 is 1.15 bits per heavy atom. The quantitative estimate of drug-likeness (QED) is 0.811. The molecule has 0 N–H and O–H groups in total. The van der Waals surface area contributed by atoms with E-state index in [1.807, 2.05) is 29.2 Å². The molecule has 2 aromatic rings. The van der Waals surface area contributed by atoms with Crippen LogP contribution in [0.4, 0.5) is 9.18 Å². The van der Waals surface area contributed by atoms with Crippen molar-refractivity contribution >= 4 is 6.09 Å². The highest BCUT2D eigenvalue weighted by atomic mass is 19.1. The number of carbonyl (C=O) groups is 1. The topological polar surface area (TPSA) is 42.0 Å². The normalized spacial score (nSPS) is 22.4. The molecule has 0 aromatic heterocycles. The predicted molar refractivity (Wildman–Crippen MR) is 99.2 cm³/mol. The van der Waals surface area contributed by atoms with Crippen molar-refractivity contribution in [1.29, 1.82) is 0 Å². The molecule has 6 heteroatoms. The van der Waals surface area contributed by atoms with Crippen molar-refractivity contribution in [2.24, 2.45) is 0 Å². The Kier molecular flexibility index (Phi) is 4.74. The van der Waals surface area contributed by atoms with Gasteiger partial charge < -0.3 is 9.47 Å². The largest absolute Gasteiger partial charge is 0.494 e. The van der Waals surface area contributed by atoms with Gasteiger partial charge >= 0.3 is 6.09 Å². The molecule has 27 heavy (non-hydrogen) atoms. The second kappa shape index (κ2) is 7.19. The molecule has 0 bridgehead atoms. The number of amides is 1. The van der Waals surface area contributed by atoms with Gasteiger partial charge in [-0.15, -0.1) is 0 Å². The molecule has 1 unspecified atom stereocenters. The van der Waals surface area contributed by atoms with Crippen molar-refractivity contribution < 1.29 is 18.7 Å². The molecular weight excluding hydrogens is 347 g/mol. The number of hydrogen-bond acceptors (Lipinski definition) is 4. The number of fused-ring (bicyclic) bond motifs is 1. The van der Waals surface area contributed by atoms with Crippen LogP contribution in [0.2, 0.25) is 0 Å². The van der Waals surface area contributed by atoms with E-state index in [-0.39, 0.29) is 23.2 Å². The lowest BCUT2D eigenvalue weighted by Crippen LogP contribution is -2.62. The fourth-order valence-electron chi connectivity index (χ4n) is 4.12.